The average molecular weight is 436 g/mol. The van der Waals surface area contributed by atoms with Crippen molar-refractivity contribution in [1.82, 2.24) is 9.88 Å². The molecule has 0 spiro atoms. The summed E-state index contributed by atoms with van der Waals surface area (Å²) in [7, 11) is 7.22. The lowest BCUT2D eigenvalue weighted by molar-refractivity contribution is 0.0985. The highest BCUT2D eigenvalue weighted by Gasteiger charge is 2.23. The Morgan fingerprint density at radius 2 is 1.72 bits per heavy atom. The molecule has 8 heteroatoms. The van der Waals surface area contributed by atoms with Gasteiger partial charge in [0.2, 0.25) is 0 Å². The van der Waals surface area contributed by atoms with Gasteiger partial charge in [0.1, 0.15) is 17.0 Å². The third-order valence-corrected chi connectivity index (χ3v) is 5.71. The van der Waals surface area contributed by atoms with E-state index in [-0.39, 0.29) is 18.3 Å². The molecule has 0 radical (unpaired) electrons. The van der Waals surface area contributed by atoms with E-state index >= 15 is 0 Å². The van der Waals surface area contributed by atoms with Gasteiger partial charge in [-0.3, -0.25) is 9.69 Å². The minimum Gasteiger partial charge on any atom is -0.497 e. The Kier molecular flexibility index (Phi) is 7.84. The van der Waals surface area contributed by atoms with Gasteiger partial charge in [-0.2, -0.15) is 0 Å². The first-order valence-corrected chi connectivity index (χ1v) is 9.81. The minimum atomic E-state index is -0.0832. The summed E-state index contributed by atoms with van der Waals surface area (Å²) in [4.78, 5) is 21.8. The lowest BCUT2D eigenvalue weighted by Crippen LogP contribution is -2.36. The van der Waals surface area contributed by atoms with Crippen LogP contribution in [0.1, 0.15) is 15.9 Å². The van der Waals surface area contributed by atoms with E-state index in [9.17, 15) is 4.79 Å². The summed E-state index contributed by atoms with van der Waals surface area (Å²) in [6.45, 7) is 3.31. The Bertz CT molecular complexity index is 973. The number of halogens is 1. The number of hydrogen-bond acceptors (Lipinski definition) is 6. The Balaban J connectivity index is 0.00000300. The normalized spacial score (nSPS) is 10.7. The van der Waals surface area contributed by atoms with Crippen LogP contribution in [0.25, 0.3) is 10.2 Å². The highest BCUT2D eigenvalue weighted by molar-refractivity contribution is 7.22. The second-order valence-electron chi connectivity index (χ2n) is 6.75. The van der Waals surface area contributed by atoms with Crippen LogP contribution >= 0.6 is 23.7 Å². The highest BCUT2D eigenvalue weighted by Crippen LogP contribution is 2.36. The first-order chi connectivity index (χ1) is 13.4. The number of methoxy groups -OCH3 is 2. The van der Waals surface area contributed by atoms with Crippen LogP contribution in [0.4, 0.5) is 5.13 Å². The number of thiazole rings is 1. The van der Waals surface area contributed by atoms with E-state index in [4.69, 9.17) is 14.5 Å². The van der Waals surface area contributed by atoms with E-state index in [2.05, 4.69) is 0 Å². The van der Waals surface area contributed by atoms with E-state index in [1.165, 1.54) is 11.3 Å². The van der Waals surface area contributed by atoms with Crippen molar-refractivity contribution < 1.29 is 14.3 Å². The molecule has 0 N–H and O–H groups in total. The van der Waals surface area contributed by atoms with Gasteiger partial charge in [-0.25, -0.2) is 4.98 Å². The number of benzene rings is 2. The number of aromatic nitrogens is 1. The summed E-state index contributed by atoms with van der Waals surface area (Å²) >= 11 is 1.51. The van der Waals surface area contributed by atoms with Crippen molar-refractivity contribution in [2.75, 3.05) is 46.3 Å². The molecule has 0 bridgehead atoms. The van der Waals surface area contributed by atoms with Gasteiger partial charge >= 0.3 is 0 Å². The third kappa shape index (κ3) is 4.98. The average Bonchev–Trinajstić information content (AvgIpc) is 3.14. The maximum Gasteiger partial charge on any atom is 0.260 e. The molecule has 0 aliphatic heterocycles. The third-order valence-electron chi connectivity index (χ3n) is 4.50. The highest BCUT2D eigenvalue weighted by atomic mass is 35.5. The quantitative estimate of drug-likeness (QED) is 0.555. The molecule has 156 valence electrons. The summed E-state index contributed by atoms with van der Waals surface area (Å²) in [6, 6.07) is 11.1. The molecule has 3 rings (SSSR count). The van der Waals surface area contributed by atoms with Crippen molar-refractivity contribution in [1.29, 1.82) is 0 Å². The van der Waals surface area contributed by atoms with E-state index in [1.54, 1.807) is 43.4 Å². The van der Waals surface area contributed by atoms with Crippen LogP contribution in [0, 0.1) is 6.92 Å². The van der Waals surface area contributed by atoms with Gasteiger partial charge in [0, 0.05) is 18.7 Å². The van der Waals surface area contributed by atoms with E-state index < -0.39 is 0 Å². The van der Waals surface area contributed by atoms with Crippen molar-refractivity contribution in [3.63, 3.8) is 0 Å². The standard InChI is InChI=1S/C21H25N3O3S.ClH/c1-14-6-11-17(27-5)18-19(14)28-21(22-18)24(13-12-23(2)3)20(25)15-7-9-16(26-4)10-8-15;/h6-11H,12-13H2,1-5H3;1H. The predicted molar refractivity (Wildman–Crippen MR) is 121 cm³/mol. The van der Waals surface area contributed by atoms with Crippen LogP contribution < -0.4 is 14.4 Å². The Morgan fingerprint density at radius 3 is 2.31 bits per heavy atom. The number of ether oxygens (including phenoxy) is 2. The number of anilines is 1. The molecule has 0 saturated heterocycles. The maximum absolute atomic E-state index is 13.3. The Hall–Kier alpha value is -2.35. The molecular formula is C21H26ClN3O3S. The van der Waals surface area contributed by atoms with Gasteiger partial charge in [0.15, 0.2) is 5.13 Å². The molecule has 1 aromatic heterocycles. The van der Waals surface area contributed by atoms with Gasteiger partial charge in [-0.05, 0) is 56.9 Å². The maximum atomic E-state index is 13.3. The topological polar surface area (TPSA) is 54.9 Å². The number of amides is 1. The predicted octanol–water partition coefficient (Wildman–Crippen LogP) is 4.25. The Morgan fingerprint density at radius 1 is 1.03 bits per heavy atom. The second kappa shape index (κ2) is 9.91. The number of nitrogens with zero attached hydrogens (tertiary/aromatic N) is 3. The lowest BCUT2D eigenvalue weighted by Gasteiger charge is -2.22. The zero-order valence-corrected chi connectivity index (χ0v) is 18.9. The molecule has 29 heavy (non-hydrogen) atoms. The molecule has 0 aliphatic carbocycles. The van der Waals surface area contributed by atoms with Crippen LogP contribution in [-0.4, -0.2) is 57.2 Å². The smallest absolute Gasteiger partial charge is 0.260 e. The molecule has 0 fully saturated rings. The van der Waals surface area contributed by atoms with E-state index in [1.807, 2.05) is 38.1 Å². The van der Waals surface area contributed by atoms with Gasteiger partial charge in [-0.15, -0.1) is 12.4 Å². The van der Waals surface area contributed by atoms with Crippen LogP contribution in [-0.2, 0) is 0 Å². The first kappa shape index (κ1) is 22.9. The number of carbonyl (C=O) groups excluding carboxylic acids is 1. The number of rotatable bonds is 7. The van der Waals surface area contributed by atoms with E-state index in [0.717, 1.165) is 28.1 Å². The monoisotopic (exact) mass is 435 g/mol. The zero-order valence-electron chi connectivity index (χ0n) is 17.3. The molecule has 1 amide bonds. The summed E-state index contributed by atoms with van der Waals surface area (Å²) in [5, 5.41) is 0.672. The molecule has 0 saturated carbocycles. The summed E-state index contributed by atoms with van der Waals surface area (Å²) in [5.74, 6) is 1.35. The fourth-order valence-electron chi connectivity index (χ4n) is 2.85. The van der Waals surface area contributed by atoms with Crippen LogP contribution in [0.3, 0.4) is 0 Å². The van der Waals surface area contributed by atoms with Gasteiger partial charge in [0.25, 0.3) is 5.91 Å². The molecule has 0 atom stereocenters. The van der Waals surface area contributed by atoms with Crippen molar-refractivity contribution in [3.8, 4) is 11.5 Å². The van der Waals surface area contributed by atoms with Gasteiger partial charge in [-0.1, -0.05) is 17.4 Å². The molecule has 0 unspecified atom stereocenters. The largest absolute Gasteiger partial charge is 0.497 e. The lowest BCUT2D eigenvalue weighted by atomic mass is 10.2. The van der Waals surface area contributed by atoms with Gasteiger partial charge < -0.3 is 14.4 Å². The zero-order chi connectivity index (χ0) is 20.3. The Labute approximate surface area is 181 Å². The fourth-order valence-corrected chi connectivity index (χ4v) is 3.93. The molecule has 1 heterocycles. The van der Waals surface area contributed by atoms with Crippen molar-refractivity contribution >= 4 is 45.0 Å². The first-order valence-electron chi connectivity index (χ1n) is 8.99. The number of fused-ring (bicyclic) bond motifs is 1. The van der Waals surface area contributed by atoms with Crippen LogP contribution in [0.2, 0.25) is 0 Å². The van der Waals surface area contributed by atoms with Crippen LogP contribution in [0.15, 0.2) is 36.4 Å². The van der Waals surface area contributed by atoms with Crippen LogP contribution in [0.5, 0.6) is 11.5 Å². The molecule has 0 aliphatic rings. The second-order valence-corrected chi connectivity index (χ2v) is 7.72. The molecule has 6 nitrogen and oxygen atoms in total. The summed E-state index contributed by atoms with van der Waals surface area (Å²) in [5.41, 5.74) is 2.51. The number of likely N-dealkylation sites (N-methyl/N-ethyl adjacent to an activating group) is 1. The summed E-state index contributed by atoms with van der Waals surface area (Å²) in [6.07, 6.45) is 0. The number of carbonyl (C=O) groups is 1. The van der Waals surface area contributed by atoms with Crippen molar-refractivity contribution in [2.24, 2.45) is 0 Å². The van der Waals surface area contributed by atoms with Crippen molar-refractivity contribution in [2.45, 2.75) is 6.92 Å². The van der Waals surface area contributed by atoms with Crippen molar-refractivity contribution in [3.05, 3.63) is 47.5 Å². The number of hydrogen-bond donors (Lipinski definition) is 0. The van der Waals surface area contributed by atoms with E-state index in [0.29, 0.717) is 23.0 Å². The summed E-state index contributed by atoms with van der Waals surface area (Å²) < 4.78 is 11.7. The number of aryl methyl sites for hydroxylation is 1. The molecule has 2 aromatic carbocycles. The minimum absolute atomic E-state index is 0. The SMILES string of the molecule is COc1ccc(C(=O)N(CCN(C)C)c2nc3c(OC)ccc(C)c3s2)cc1.Cl. The molecule has 3 aromatic rings. The fraction of sp³-hybridized carbons (Fsp3) is 0.333. The molecular weight excluding hydrogens is 410 g/mol. The van der Waals surface area contributed by atoms with Gasteiger partial charge in [0.05, 0.1) is 18.9 Å².